The highest BCUT2D eigenvalue weighted by molar-refractivity contribution is 4.97. The van der Waals surface area contributed by atoms with E-state index in [4.69, 9.17) is 9.26 Å². The molecule has 1 saturated heterocycles. The van der Waals surface area contributed by atoms with Crippen molar-refractivity contribution in [3.63, 3.8) is 0 Å². The smallest absolute Gasteiger partial charge is 0.243 e. The Balaban J connectivity index is 1.90. The summed E-state index contributed by atoms with van der Waals surface area (Å²) in [7, 11) is 1.73. The summed E-state index contributed by atoms with van der Waals surface area (Å²) in [6.45, 7) is 7.52. The molecule has 0 saturated carbocycles. The lowest BCUT2D eigenvalue weighted by Gasteiger charge is -2.30. The van der Waals surface area contributed by atoms with Gasteiger partial charge in [0.2, 0.25) is 5.89 Å². The lowest BCUT2D eigenvalue weighted by atomic mass is 10.2. The van der Waals surface area contributed by atoms with Crippen LogP contribution in [0.15, 0.2) is 4.52 Å². The maximum Gasteiger partial charge on any atom is 0.243 e. The predicted octanol–water partition coefficient (Wildman–Crippen LogP) is 2.97. The second kappa shape index (κ2) is 7.18. The van der Waals surface area contributed by atoms with Gasteiger partial charge in [0.25, 0.3) is 0 Å². The van der Waals surface area contributed by atoms with Crippen LogP contribution < -0.4 is 0 Å². The summed E-state index contributed by atoms with van der Waals surface area (Å²) < 4.78 is 10.5. The number of unbranched alkanes of at least 4 members (excludes halogenated alkanes) is 1. The largest absolute Gasteiger partial charge is 0.385 e. The molecule has 0 amide bonds. The van der Waals surface area contributed by atoms with Crippen molar-refractivity contribution in [2.24, 2.45) is 0 Å². The van der Waals surface area contributed by atoms with Gasteiger partial charge >= 0.3 is 0 Å². The first-order valence-electron chi connectivity index (χ1n) is 7.72. The number of hydrogen-bond acceptors (Lipinski definition) is 5. The van der Waals surface area contributed by atoms with Crippen LogP contribution in [0.3, 0.4) is 0 Å². The zero-order valence-corrected chi connectivity index (χ0v) is 13.1. The molecular weight excluding hydrogens is 254 g/mol. The quantitative estimate of drug-likeness (QED) is 0.719. The molecule has 0 bridgehead atoms. The normalized spacial score (nSPS) is 25.2. The van der Waals surface area contributed by atoms with Crippen LogP contribution >= 0.6 is 0 Å². The molecular formula is C15H27N3O2. The van der Waals surface area contributed by atoms with E-state index in [-0.39, 0.29) is 6.04 Å². The molecule has 1 fully saturated rings. The molecule has 1 aliphatic rings. The molecule has 1 aliphatic heterocycles. The second-order valence-corrected chi connectivity index (χ2v) is 5.90. The van der Waals surface area contributed by atoms with Crippen molar-refractivity contribution in [2.75, 3.05) is 13.7 Å². The van der Waals surface area contributed by atoms with Gasteiger partial charge in [-0.2, -0.15) is 4.98 Å². The Kier molecular flexibility index (Phi) is 5.54. The number of aryl methyl sites for hydroxylation is 1. The molecule has 5 nitrogen and oxygen atoms in total. The van der Waals surface area contributed by atoms with E-state index in [1.54, 1.807) is 7.11 Å². The zero-order chi connectivity index (χ0) is 14.5. The standard InChI is InChI=1S/C15H27N3O2/c1-11-8-9-12(2)18(11)13(3)15-16-14(17-20-15)7-5-6-10-19-4/h11-13H,5-10H2,1-4H3/t11-,12+,13-/m1/s1. The van der Waals surface area contributed by atoms with Crippen LogP contribution in [0.4, 0.5) is 0 Å². The van der Waals surface area contributed by atoms with Crippen molar-refractivity contribution >= 4 is 0 Å². The number of rotatable bonds is 7. The van der Waals surface area contributed by atoms with Crippen molar-refractivity contribution < 1.29 is 9.26 Å². The van der Waals surface area contributed by atoms with E-state index < -0.39 is 0 Å². The molecule has 1 aromatic heterocycles. The summed E-state index contributed by atoms with van der Waals surface area (Å²) in [5.41, 5.74) is 0. The third-order valence-electron chi connectivity index (χ3n) is 4.31. The minimum absolute atomic E-state index is 0.211. The van der Waals surface area contributed by atoms with E-state index in [0.29, 0.717) is 12.1 Å². The Morgan fingerprint density at radius 3 is 2.65 bits per heavy atom. The fourth-order valence-electron chi connectivity index (χ4n) is 3.17. The third kappa shape index (κ3) is 3.58. The maximum absolute atomic E-state index is 5.46. The summed E-state index contributed by atoms with van der Waals surface area (Å²) in [6, 6.07) is 1.40. The average Bonchev–Trinajstić information content (AvgIpc) is 3.02. The predicted molar refractivity (Wildman–Crippen MR) is 77.5 cm³/mol. The molecule has 2 heterocycles. The SMILES string of the molecule is COCCCCc1noc([C@@H](C)N2[C@H](C)CC[C@@H]2C)n1. The summed E-state index contributed by atoms with van der Waals surface area (Å²) in [4.78, 5) is 7.05. The van der Waals surface area contributed by atoms with Crippen molar-refractivity contribution in [1.29, 1.82) is 0 Å². The molecule has 0 aliphatic carbocycles. The van der Waals surface area contributed by atoms with Crippen LogP contribution in [0.5, 0.6) is 0 Å². The van der Waals surface area contributed by atoms with Crippen LogP contribution in [0.2, 0.25) is 0 Å². The molecule has 1 aromatic rings. The van der Waals surface area contributed by atoms with E-state index in [2.05, 4.69) is 35.8 Å². The maximum atomic E-state index is 5.46. The number of aromatic nitrogens is 2. The Morgan fingerprint density at radius 2 is 2.00 bits per heavy atom. The van der Waals surface area contributed by atoms with E-state index in [1.165, 1.54) is 12.8 Å². The number of methoxy groups -OCH3 is 1. The van der Waals surface area contributed by atoms with Crippen molar-refractivity contribution in [3.8, 4) is 0 Å². The minimum atomic E-state index is 0.211. The number of ether oxygens (including phenoxy) is 1. The molecule has 114 valence electrons. The fraction of sp³-hybridized carbons (Fsp3) is 0.867. The van der Waals surface area contributed by atoms with E-state index in [0.717, 1.165) is 37.6 Å². The number of hydrogen-bond donors (Lipinski definition) is 0. The Hall–Kier alpha value is -0.940. The van der Waals surface area contributed by atoms with E-state index in [1.807, 2.05) is 0 Å². The molecule has 3 atom stereocenters. The van der Waals surface area contributed by atoms with E-state index in [9.17, 15) is 0 Å². The van der Waals surface area contributed by atoms with Crippen molar-refractivity contribution in [2.45, 2.75) is 71.0 Å². The highest BCUT2D eigenvalue weighted by Gasteiger charge is 2.34. The van der Waals surface area contributed by atoms with E-state index >= 15 is 0 Å². The topological polar surface area (TPSA) is 51.4 Å². The molecule has 20 heavy (non-hydrogen) atoms. The molecule has 0 N–H and O–H groups in total. The Morgan fingerprint density at radius 1 is 1.30 bits per heavy atom. The second-order valence-electron chi connectivity index (χ2n) is 5.90. The van der Waals surface area contributed by atoms with Gasteiger partial charge in [-0.3, -0.25) is 4.90 Å². The van der Waals surface area contributed by atoms with Gasteiger partial charge in [-0.1, -0.05) is 5.16 Å². The highest BCUT2D eigenvalue weighted by atomic mass is 16.5. The Labute approximate surface area is 121 Å². The molecule has 0 radical (unpaired) electrons. The first-order valence-corrected chi connectivity index (χ1v) is 7.72. The van der Waals surface area contributed by atoms with Crippen LogP contribution in [-0.2, 0) is 11.2 Å². The number of likely N-dealkylation sites (tertiary alicyclic amines) is 1. The first-order chi connectivity index (χ1) is 9.63. The lowest BCUT2D eigenvalue weighted by molar-refractivity contribution is 0.128. The van der Waals surface area contributed by atoms with Crippen LogP contribution in [0, 0.1) is 0 Å². The van der Waals surface area contributed by atoms with Gasteiger partial charge in [-0.15, -0.1) is 0 Å². The van der Waals surface area contributed by atoms with Gasteiger partial charge < -0.3 is 9.26 Å². The van der Waals surface area contributed by atoms with Gasteiger partial charge in [0, 0.05) is 32.2 Å². The summed E-state index contributed by atoms with van der Waals surface area (Å²) >= 11 is 0. The first kappa shape index (κ1) is 15.4. The number of nitrogens with zero attached hydrogens (tertiary/aromatic N) is 3. The fourth-order valence-corrected chi connectivity index (χ4v) is 3.17. The summed E-state index contributed by atoms with van der Waals surface area (Å²) in [5, 5.41) is 4.10. The van der Waals surface area contributed by atoms with Gasteiger partial charge in [-0.25, -0.2) is 0 Å². The van der Waals surface area contributed by atoms with Crippen LogP contribution in [-0.4, -0.2) is 40.8 Å². The Bertz CT molecular complexity index is 398. The monoisotopic (exact) mass is 281 g/mol. The van der Waals surface area contributed by atoms with Gasteiger partial charge in [0.1, 0.15) is 0 Å². The van der Waals surface area contributed by atoms with Gasteiger partial charge in [0.05, 0.1) is 6.04 Å². The summed E-state index contributed by atoms with van der Waals surface area (Å²) in [5.74, 6) is 1.58. The van der Waals surface area contributed by atoms with Crippen molar-refractivity contribution in [3.05, 3.63) is 11.7 Å². The van der Waals surface area contributed by atoms with Crippen LogP contribution in [0.25, 0.3) is 0 Å². The molecule has 5 heteroatoms. The molecule has 0 unspecified atom stereocenters. The molecule has 0 aromatic carbocycles. The van der Waals surface area contributed by atoms with Gasteiger partial charge in [-0.05, 0) is 46.5 Å². The third-order valence-corrected chi connectivity index (χ3v) is 4.31. The van der Waals surface area contributed by atoms with Crippen LogP contribution in [0.1, 0.15) is 64.2 Å². The summed E-state index contributed by atoms with van der Waals surface area (Å²) in [6.07, 6.45) is 5.45. The highest BCUT2D eigenvalue weighted by Crippen LogP contribution is 2.32. The molecule has 2 rings (SSSR count). The molecule has 0 spiro atoms. The minimum Gasteiger partial charge on any atom is -0.385 e. The lowest BCUT2D eigenvalue weighted by Crippen LogP contribution is -2.35. The average molecular weight is 281 g/mol. The van der Waals surface area contributed by atoms with Crippen molar-refractivity contribution in [1.82, 2.24) is 15.0 Å². The zero-order valence-electron chi connectivity index (χ0n) is 13.1. The van der Waals surface area contributed by atoms with Gasteiger partial charge in [0.15, 0.2) is 5.82 Å².